The van der Waals surface area contributed by atoms with Gasteiger partial charge in [0.15, 0.2) is 0 Å². The molecule has 27 heavy (non-hydrogen) atoms. The van der Waals surface area contributed by atoms with E-state index >= 15 is 0 Å². The van der Waals surface area contributed by atoms with Crippen LogP contribution >= 0.6 is 11.6 Å². The predicted molar refractivity (Wildman–Crippen MR) is 106 cm³/mol. The summed E-state index contributed by atoms with van der Waals surface area (Å²) in [6.07, 6.45) is 0.00380. The lowest BCUT2D eigenvalue weighted by Gasteiger charge is -2.19. The Kier molecular flexibility index (Phi) is 5.19. The first-order valence-electron chi connectivity index (χ1n) is 8.51. The van der Waals surface area contributed by atoms with Gasteiger partial charge in [-0.3, -0.25) is 19.3 Å². The number of hydrogen-bond acceptors (Lipinski definition) is 4. The minimum Gasteiger partial charge on any atom is -0.376 e. The number of imide groups is 1. The van der Waals surface area contributed by atoms with Crippen molar-refractivity contribution in [3.8, 4) is 0 Å². The van der Waals surface area contributed by atoms with Gasteiger partial charge in [-0.25, -0.2) is 0 Å². The first-order chi connectivity index (χ1) is 12.8. The number of halogens is 1. The first kappa shape index (κ1) is 18.9. The number of carbonyl (C=O) groups is 3. The molecule has 2 aromatic rings. The van der Waals surface area contributed by atoms with Gasteiger partial charge in [0.1, 0.15) is 0 Å². The molecular formula is C20H20ClN3O3. The topological polar surface area (TPSA) is 69.7 Å². The molecule has 2 aromatic carbocycles. The minimum atomic E-state index is -0.362. The second-order valence-electron chi connectivity index (χ2n) is 6.67. The van der Waals surface area contributed by atoms with E-state index in [-0.39, 0.29) is 30.7 Å². The molecule has 7 heteroatoms. The summed E-state index contributed by atoms with van der Waals surface area (Å²) in [6, 6.07) is 10.4. The first-order valence-corrected chi connectivity index (χ1v) is 8.89. The lowest BCUT2D eigenvalue weighted by atomic mass is 10.1. The fourth-order valence-electron chi connectivity index (χ4n) is 3.03. The molecule has 0 unspecified atom stereocenters. The number of carbonyl (C=O) groups excluding carboxylic acids is 3. The lowest BCUT2D eigenvalue weighted by Crippen LogP contribution is -2.33. The third-order valence-electron chi connectivity index (χ3n) is 4.40. The highest BCUT2D eigenvalue weighted by molar-refractivity contribution is 6.31. The van der Waals surface area contributed by atoms with Crippen LogP contribution in [0.2, 0.25) is 5.02 Å². The molecule has 140 valence electrons. The van der Waals surface area contributed by atoms with Gasteiger partial charge in [0.05, 0.1) is 22.5 Å². The van der Waals surface area contributed by atoms with Gasteiger partial charge in [0.2, 0.25) is 5.91 Å². The molecule has 0 aromatic heterocycles. The number of amides is 3. The molecule has 0 aliphatic carbocycles. The van der Waals surface area contributed by atoms with Crippen LogP contribution in [0.3, 0.4) is 0 Å². The highest BCUT2D eigenvalue weighted by atomic mass is 35.5. The zero-order chi connectivity index (χ0) is 19.7. The van der Waals surface area contributed by atoms with Crippen LogP contribution in [0.15, 0.2) is 36.4 Å². The van der Waals surface area contributed by atoms with Crippen molar-refractivity contribution < 1.29 is 14.4 Å². The van der Waals surface area contributed by atoms with Crippen molar-refractivity contribution in [2.24, 2.45) is 0 Å². The van der Waals surface area contributed by atoms with Crippen molar-refractivity contribution in [2.75, 3.05) is 30.9 Å². The molecule has 0 radical (unpaired) electrons. The molecular weight excluding hydrogens is 366 g/mol. The molecule has 0 saturated carbocycles. The number of hydrogen-bond donors (Lipinski definition) is 1. The van der Waals surface area contributed by atoms with Crippen LogP contribution in [0.25, 0.3) is 0 Å². The van der Waals surface area contributed by atoms with E-state index in [0.29, 0.717) is 21.8 Å². The standard InChI is InChI=1S/C20H20ClN3O3/c1-12-4-6-14-15(10-12)20(27)24(19(14)26)9-8-18(25)22-16-11-13(21)5-7-17(16)23(2)3/h4-7,10-11H,8-9H2,1-3H3,(H,22,25). The molecule has 0 saturated heterocycles. The monoisotopic (exact) mass is 385 g/mol. The number of benzene rings is 2. The Bertz CT molecular complexity index is 940. The van der Waals surface area contributed by atoms with Gasteiger partial charge < -0.3 is 10.2 Å². The van der Waals surface area contributed by atoms with E-state index in [4.69, 9.17) is 11.6 Å². The number of fused-ring (bicyclic) bond motifs is 1. The smallest absolute Gasteiger partial charge is 0.261 e. The summed E-state index contributed by atoms with van der Waals surface area (Å²) in [5, 5.41) is 3.31. The summed E-state index contributed by atoms with van der Waals surface area (Å²) in [5.41, 5.74) is 3.08. The Balaban J connectivity index is 1.68. The van der Waals surface area contributed by atoms with Gasteiger partial charge in [0.25, 0.3) is 11.8 Å². The van der Waals surface area contributed by atoms with Crippen LogP contribution in [-0.2, 0) is 4.79 Å². The van der Waals surface area contributed by atoms with Crippen LogP contribution < -0.4 is 10.2 Å². The van der Waals surface area contributed by atoms with Gasteiger partial charge in [-0.05, 0) is 37.3 Å². The summed E-state index contributed by atoms with van der Waals surface area (Å²) >= 11 is 6.02. The van der Waals surface area contributed by atoms with Crippen LogP contribution in [0.4, 0.5) is 11.4 Å². The van der Waals surface area contributed by atoms with Gasteiger partial charge >= 0.3 is 0 Å². The van der Waals surface area contributed by atoms with Crippen LogP contribution in [0.5, 0.6) is 0 Å². The highest BCUT2D eigenvalue weighted by Crippen LogP contribution is 2.28. The number of anilines is 2. The van der Waals surface area contributed by atoms with Crippen LogP contribution in [0, 0.1) is 6.92 Å². The third-order valence-corrected chi connectivity index (χ3v) is 4.64. The second kappa shape index (κ2) is 7.40. The number of aryl methyl sites for hydroxylation is 1. The third kappa shape index (κ3) is 3.80. The quantitative estimate of drug-likeness (QED) is 0.801. The van der Waals surface area contributed by atoms with E-state index in [2.05, 4.69) is 5.32 Å². The molecule has 0 atom stereocenters. The molecule has 0 fully saturated rings. The van der Waals surface area contributed by atoms with E-state index < -0.39 is 0 Å². The summed E-state index contributed by atoms with van der Waals surface area (Å²) in [5.74, 6) is -1.02. The summed E-state index contributed by atoms with van der Waals surface area (Å²) in [4.78, 5) is 40.2. The number of rotatable bonds is 5. The molecule has 1 aliphatic rings. The zero-order valence-electron chi connectivity index (χ0n) is 15.4. The maximum Gasteiger partial charge on any atom is 0.261 e. The predicted octanol–water partition coefficient (Wildman–Crippen LogP) is 3.34. The SMILES string of the molecule is Cc1ccc2c(c1)C(=O)N(CCC(=O)Nc1cc(Cl)ccc1N(C)C)C2=O. The van der Waals surface area contributed by atoms with Gasteiger partial charge in [0, 0.05) is 32.1 Å². The van der Waals surface area contributed by atoms with Crippen molar-refractivity contribution in [1.82, 2.24) is 4.90 Å². The normalized spacial score (nSPS) is 13.0. The molecule has 0 spiro atoms. The van der Waals surface area contributed by atoms with Gasteiger partial charge in [-0.1, -0.05) is 23.2 Å². The van der Waals surface area contributed by atoms with Gasteiger partial charge in [-0.15, -0.1) is 0 Å². The molecule has 6 nitrogen and oxygen atoms in total. The molecule has 1 aliphatic heterocycles. The van der Waals surface area contributed by atoms with Crippen molar-refractivity contribution >= 4 is 40.7 Å². The minimum absolute atomic E-state index is 0.00380. The molecule has 1 heterocycles. The molecule has 0 bridgehead atoms. The van der Waals surface area contributed by atoms with Gasteiger partial charge in [-0.2, -0.15) is 0 Å². The molecule has 3 amide bonds. The van der Waals surface area contributed by atoms with Crippen molar-refractivity contribution in [2.45, 2.75) is 13.3 Å². The van der Waals surface area contributed by atoms with E-state index in [1.54, 1.807) is 30.3 Å². The summed E-state index contributed by atoms with van der Waals surface area (Å²) in [6.45, 7) is 1.89. The fraction of sp³-hybridized carbons (Fsp3) is 0.250. The van der Waals surface area contributed by atoms with E-state index in [9.17, 15) is 14.4 Å². The fourth-order valence-corrected chi connectivity index (χ4v) is 3.20. The molecule has 1 N–H and O–H groups in total. The Morgan fingerprint density at radius 1 is 1.07 bits per heavy atom. The average Bonchev–Trinajstić information content (AvgIpc) is 2.83. The number of nitrogens with zero attached hydrogens (tertiary/aromatic N) is 2. The Morgan fingerprint density at radius 2 is 1.78 bits per heavy atom. The second-order valence-corrected chi connectivity index (χ2v) is 7.10. The average molecular weight is 386 g/mol. The van der Waals surface area contributed by atoms with Crippen LogP contribution in [-0.4, -0.2) is 43.3 Å². The van der Waals surface area contributed by atoms with E-state index in [0.717, 1.165) is 16.2 Å². The summed E-state index contributed by atoms with van der Waals surface area (Å²) in [7, 11) is 3.72. The van der Waals surface area contributed by atoms with Crippen molar-refractivity contribution in [3.05, 3.63) is 58.1 Å². The lowest BCUT2D eigenvalue weighted by molar-refractivity contribution is -0.116. The Morgan fingerprint density at radius 3 is 2.48 bits per heavy atom. The van der Waals surface area contributed by atoms with E-state index in [1.165, 1.54) is 0 Å². The maximum absolute atomic E-state index is 12.5. The van der Waals surface area contributed by atoms with Crippen molar-refractivity contribution in [3.63, 3.8) is 0 Å². The zero-order valence-corrected chi connectivity index (χ0v) is 16.1. The van der Waals surface area contributed by atoms with Crippen molar-refractivity contribution in [1.29, 1.82) is 0 Å². The maximum atomic E-state index is 12.5. The van der Waals surface area contributed by atoms with Crippen LogP contribution in [0.1, 0.15) is 32.7 Å². The Hall–Kier alpha value is -2.86. The number of nitrogens with one attached hydrogen (secondary N) is 1. The summed E-state index contributed by atoms with van der Waals surface area (Å²) < 4.78 is 0. The largest absolute Gasteiger partial charge is 0.376 e. The molecule has 3 rings (SSSR count). The van der Waals surface area contributed by atoms with E-state index in [1.807, 2.05) is 32.0 Å². The Labute approximate surface area is 162 Å². The highest BCUT2D eigenvalue weighted by Gasteiger charge is 2.35.